The number of benzene rings is 1. The molecule has 1 aromatic carbocycles. The van der Waals surface area contributed by atoms with E-state index in [1.54, 1.807) is 18.2 Å². The number of thiocarbonyl (C=S) groups is 1. The van der Waals surface area contributed by atoms with E-state index < -0.39 is 23.8 Å². The number of carbonyl (C=O) groups excluding carboxylic acids is 2. The van der Waals surface area contributed by atoms with Crippen LogP contribution in [0.5, 0.6) is 17.2 Å². The number of methoxy groups -OCH3 is 2. The fourth-order valence-electron chi connectivity index (χ4n) is 3.04. The Bertz CT molecular complexity index is 966. The first-order valence-corrected chi connectivity index (χ1v) is 11.0. The van der Waals surface area contributed by atoms with Gasteiger partial charge < -0.3 is 24.4 Å². The van der Waals surface area contributed by atoms with Crippen LogP contribution in [0.1, 0.15) is 31.7 Å². The van der Waals surface area contributed by atoms with Gasteiger partial charge in [0.2, 0.25) is 5.75 Å². The SMILES string of the molecule is COc1cc(C=C2SC(=S)N(CCCCC(C(=O)O)C(=O)O)C2=O)cc(OC)c1OC(C)=O. The molecule has 1 fully saturated rings. The summed E-state index contributed by atoms with van der Waals surface area (Å²) in [5, 5.41) is 17.9. The molecule has 0 aliphatic carbocycles. The maximum atomic E-state index is 12.8. The van der Waals surface area contributed by atoms with Crippen molar-refractivity contribution >= 4 is 58.2 Å². The number of carboxylic acid groups (broad SMARTS) is 2. The topological polar surface area (TPSA) is 140 Å². The number of carboxylic acids is 2. The van der Waals surface area contributed by atoms with Crippen molar-refractivity contribution in [2.24, 2.45) is 5.92 Å². The zero-order valence-electron chi connectivity index (χ0n) is 18.2. The van der Waals surface area contributed by atoms with Crippen molar-refractivity contribution in [1.82, 2.24) is 4.90 Å². The molecule has 0 bridgehead atoms. The third kappa shape index (κ3) is 6.68. The van der Waals surface area contributed by atoms with Crippen molar-refractivity contribution in [3.05, 3.63) is 22.6 Å². The van der Waals surface area contributed by atoms with Gasteiger partial charge >= 0.3 is 17.9 Å². The van der Waals surface area contributed by atoms with Crippen molar-refractivity contribution in [1.29, 1.82) is 0 Å². The molecule has 10 nitrogen and oxygen atoms in total. The molecular weight excluding hydrogens is 474 g/mol. The van der Waals surface area contributed by atoms with Crippen LogP contribution in [0.15, 0.2) is 17.0 Å². The number of carbonyl (C=O) groups is 4. The normalized spacial score (nSPS) is 14.7. The minimum atomic E-state index is -1.48. The van der Waals surface area contributed by atoms with E-state index in [2.05, 4.69) is 0 Å². The number of rotatable bonds is 11. The second-order valence-corrected chi connectivity index (χ2v) is 8.58. The summed E-state index contributed by atoms with van der Waals surface area (Å²) in [4.78, 5) is 47.9. The molecule has 12 heteroatoms. The van der Waals surface area contributed by atoms with E-state index in [1.807, 2.05) is 0 Å². The van der Waals surface area contributed by atoms with Crippen LogP contribution in [0.4, 0.5) is 0 Å². The Morgan fingerprint density at radius 1 is 1.12 bits per heavy atom. The summed E-state index contributed by atoms with van der Waals surface area (Å²) in [7, 11) is 2.81. The molecule has 1 amide bonds. The summed E-state index contributed by atoms with van der Waals surface area (Å²) in [6.45, 7) is 1.49. The van der Waals surface area contributed by atoms with Crippen LogP contribution < -0.4 is 14.2 Å². The lowest BCUT2D eigenvalue weighted by atomic mass is 10.0. The predicted octanol–water partition coefficient (Wildman–Crippen LogP) is 2.79. The summed E-state index contributed by atoms with van der Waals surface area (Å²) >= 11 is 6.40. The Kier molecular flexibility index (Phi) is 9.23. The van der Waals surface area contributed by atoms with Crippen molar-refractivity contribution in [3.8, 4) is 17.2 Å². The smallest absolute Gasteiger partial charge is 0.317 e. The van der Waals surface area contributed by atoms with E-state index in [0.29, 0.717) is 27.6 Å². The van der Waals surface area contributed by atoms with E-state index in [-0.39, 0.29) is 36.1 Å². The van der Waals surface area contributed by atoms with Gasteiger partial charge in [0.15, 0.2) is 17.4 Å². The number of hydrogen-bond donors (Lipinski definition) is 2. The standard InChI is InChI=1S/C21H23NO9S2/c1-11(23)31-17-14(29-2)8-12(9-15(17)30-3)10-16-18(24)22(21(32)33-16)7-5-4-6-13(19(25)26)20(27)28/h8-10,13H,4-7H2,1-3H3,(H,25,26)(H,27,28). The lowest BCUT2D eigenvalue weighted by molar-refractivity contribution is -0.155. The number of aliphatic carboxylic acids is 2. The molecule has 1 heterocycles. The summed E-state index contributed by atoms with van der Waals surface area (Å²) in [5.74, 6) is -4.49. The average Bonchev–Trinajstić information content (AvgIpc) is 3.00. The molecule has 33 heavy (non-hydrogen) atoms. The fraction of sp³-hybridized carbons (Fsp3) is 0.381. The van der Waals surface area contributed by atoms with Crippen LogP contribution in [0.2, 0.25) is 0 Å². The third-order valence-electron chi connectivity index (χ3n) is 4.62. The van der Waals surface area contributed by atoms with Gasteiger partial charge in [0.1, 0.15) is 4.32 Å². The molecule has 178 valence electrons. The van der Waals surface area contributed by atoms with Gasteiger partial charge in [-0.25, -0.2) is 0 Å². The summed E-state index contributed by atoms with van der Waals surface area (Å²) in [5.41, 5.74) is 0.561. The monoisotopic (exact) mass is 497 g/mol. The lowest BCUT2D eigenvalue weighted by Gasteiger charge is -2.15. The molecule has 0 radical (unpaired) electrons. The highest BCUT2D eigenvalue weighted by Gasteiger charge is 2.32. The van der Waals surface area contributed by atoms with Gasteiger partial charge in [-0.05, 0) is 36.6 Å². The highest BCUT2D eigenvalue weighted by Crippen LogP contribution is 2.40. The maximum Gasteiger partial charge on any atom is 0.317 e. The molecule has 0 unspecified atom stereocenters. The first-order valence-electron chi connectivity index (χ1n) is 9.74. The second-order valence-electron chi connectivity index (χ2n) is 6.91. The number of amides is 1. The van der Waals surface area contributed by atoms with E-state index in [0.717, 1.165) is 11.8 Å². The minimum Gasteiger partial charge on any atom is -0.493 e. The number of esters is 1. The number of ether oxygens (including phenoxy) is 3. The molecule has 1 aliphatic heterocycles. The van der Waals surface area contributed by atoms with E-state index in [1.165, 1.54) is 26.0 Å². The summed E-state index contributed by atoms with van der Waals surface area (Å²) in [6.07, 6.45) is 2.28. The summed E-state index contributed by atoms with van der Waals surface area (Å²) < 4.78 is 16.1. The van der Waals surface area contributed by atoms with Gasteiger partial charge in [-0.15, -0.1) is 0 Å². The predicted molar refractivity (Wildman–Crippen MR) is 123 cm³/mol. The number of hydrogen-bond acceptors (Lipinski definition) is 9. The molecule has 1 aromatic rings. The zero-order chi connectivity index (χ0) is 24.7. The minimum absolute atomic E-state index is 0.0381. The molecule has 2 N–H and O–H groups in total. The van der Waals surface area contributed by atoms with Gasteiger partial charge in [-0.1, -0.05) is 30.4 Å². The Hall–Kier alpha value is -3.12. The second kappa shape index (κ2) is 11.7. The largest absolute Gasteiger partial charge is 0.493 e. The molecule has 0 saturated carbocycles. The van der Waals surface area contributed by atoms with Crippen LogP contribution in [0, 0.1) is 5.92 Å². The molecule has 0 aromatic heterocycles. The van der Waals surface area contributed by atoms with Gasteiger partial charge in [-0.3, -0.25) is 24.1 Å². The Morgan fingerprint density at radius 3 is 2.18 bits per heavy atom. The quantitative estimate of drug-likeness (QED) is 0.116. The number of thioether (sulfide) groups is 1. The molecule has 1 aliphatic rings. The molecule has 0 spiro atoms. The van der Waals surface area contributed by atoms with E-state index in [4.69, 9.17) is 36.6 Å². The van der Waals surface area contributed by atoms with Crippen molar-refractivity contribution in [2.75, 3.05) is 20.8 Å². The number of nitrogens with zero attached hydrogens (tertiary/aromatic N) is 1. The van der Waals surface area contributed by atoms with Crippen LogP contribution in [-0.4, -0.2) is 64.0 Å². The fourth-order valence-corrected chi connectivity index (χ4v) is 4.35. The van der Waals surface area contributed by atoms with Crippen LogP contribution in [0.25, 0.3) is 6.08 Å². The van der Waals surface area contributed by atoms with Gasteiger partial charge in [-0.2, -0.15) is 0 Å². The van der Waals surface area contributed by atoms with Gasteiger partial charge in [0.25, 0.3) is 5.91 Å². The lowest BCUT2D eigenvalue weighted by Crippen LogP contribution is -2.29. The van der Waals surface area contributed by atoms with Crippen molar-refractivity contribution in [3.63, 3.8) is 0 Å². The number of unbranched alkanes of at least 4 members (excludes halogenated alkanes) is 1. The first-order chi connectivity index (χ1) is 15.6. The Balaban J connectivity index is 2.13. The third-order valence-corrected chi connectivity index (χ3v) is 6.00. The maximum absolute atomic E-state index is 12.8. The van der Waals surface area contributed by atoms with Crippen LogP contribution in [0.3, 0.4) is 0 Å². The van der Waals surface area contributed by atoms with E-state index in [9.17, 15) is 19.2 Å². The van der Waals surface area contributed by atoms with Crippen LogP contribution >= 0.6 is 24.0 Å². The average molecular weight is 498 g/mol. The van der Waals surface area contributed by atoms with E-state index >= 15 is 0 Å². The van der Waals surface area contributed by atoms with Crippen molar-refractivity contribution < 1.29 is 43.6 Å². The zero-order valence-corrected chi connectivity index (χ0v) is 19.8. The molecule has 1 saturated heterocycles. The van der Waals surface area contributed by atoms with Gasteiger partial charge in [0, 0.05) is 13.5 Å². The molecule has 2 rings (SSSR count). The Morgan fingerprint density at radius 2 is 1.70 bits per heavy atom. The first kappa shape index (κ1) is 26.1. The Labute approximate surface area is 199 Å². The summed E-state index contributed by atoms with van der Waals surface area (Å²) in [6, 6.07) is 3.18. The van der Waals surface area contributed by atoms with Gasteiger partial charge in [0.05, 0.1) is 19.1 Å². The highest BCUT2D eigenvalue weighted by atomic mass is 32.2. The molecule has 0 atom stereocenters. The van der Waals surface area contributed by atoms with Crippen molar-refractivity contribution in [2.45, 2.75) is 26.2 Å². The van der Waals surface area contributed by atoms with Crippen LogP contribution in [-0.2, 0) is 19.2 Å². The highest BCUT2D eigenvalue weighted by molar-refractivity contribution is 8.26. The molecular formula is C21H23NO9S2.